The van der Waals surface area contributed by atoms with Gasteiger partial charge in [0.25, 0.3) is 5.91 Å². The second kappa shape index (κ2) is 10.2. The van der Waals surface area contributed by atoms with E-state index < -0.39 is 0 Å². The number of benzene rings is 2. The van der Waals surface area contributed by atoms with E-state index in [-0.39, 0.29) is 11.8 Å². The molecule has 0 saturated heterocycles. The van der Waals surface area contributed by atoms with Crippen LogP contribution < -0.4 is 10.7 Å². The predicted molar refractivity (Wildman–Crippen MR) is 103 cm³/mol. The molecular formula is C20H27N3O. The topological polar surface area (TPSA) is 53.5 Å². The van der Waals surface area contributed by atoms with E-state index in [1.54, 1.807) is 13.1 Å². The first-order valence-electron chi connectivity index (χ1n) is 8.33. The van der Waals surface area contributed by atoms with Crippen molar-refractivity contribution in [1.82, 2.24) is 5.43 Å². The van der Waals surface area contributed by atoms with Gasteiger partial charge in [0, 0.05) is 12.7 Å². The summed E-state index contributed by atoms with van der Waals surface area (Å²) in [4.78, 5) is 12.3. The second-order valence-electron chi connectivity index (χ2n) is 5.25. The van der Waals surface area contributed by atoms with Gasteiger partial charge in [0.2, 0.25) is 0 Å². The molecule has 0 atom stereocenters. The average molecular weight is 325 g/mol. The molecule has 4 nitrogen and oxygen atoms in total. The minimum Gasteiger partial charge on any atom is -0.387 e. The number of nitrogens with one attached hydrogen (secondary N) is 2. The van der Waals surface area contributed by atoms with Gasteiger partial charge in [0.15, 0.2) is 0 Å². The van der Waals surface area contributed by atoms with E-state index >= 15 is 0 Å². The first-order valence-corrected chi connectivity index (χ1v) is 8.33. The van der Waals surface area contributed by atoms with Crippen molar-refractivity contribution in [3.8, 4) is 0 Å². The molecule has 0 aliphatic rings. The number of carbonyl (C=O) groups is 1. The van der Waals surface area contributed by atoms with Gasteiger partial charge in [-0.05, 0) is 23.6 Å². The van der Waals surface area contributed by atoms with Crippen molar-refractivity contribution in [2.24, 2.45) is 11.0 Å². The summed E-state index contributed by atoms with van der Waals surface area (Å²) in [6.45, 7) is 8.11. The van der Waals surface area contributed by atoms with E-state index in [0.717, 1.165) is 17.0 Å². The van der Waals surface area contributed by atoms with Crippen LogP contribution in [0.2, 0.25) is 0 Å². The first-order chi connectivity index (χ1) is 11.6. The number of rotatable bonds is 5. The van der Waals surface area contributed by atoms with Crippen molar-refractivity contribution in [3.05, 3.63) is 65.7 Å². The highest BCUT2D eigenvalue weighted by molar-refractivity contribution is 6.04. The highest BCUT2D eigenvalue weighted by Crippen LogP contribution is 2.14. The number of hydrogen-bond acceptors (Lipinski definition) is 3. The summed E-state index contributed by atoms with van der Waals surface area (Å²) in [5, 5.41) is 7.34. The molecular weight excluding hydrogens is 298 g/mol. The first kappa shape index (κ1) is 19.4. The largest absolute Gasteiger partial charge is 0.387 e. The van der Waals surface area contributed by atoms with Crippen molar-refractivity contribution in [2.75, 3.05) is 12.4 Å². The Bertz CT molecular complexity index is 664. The normalized spacial score (nSPS) is 10.7. The second-order valence-corrected chi connectivity index (χ2v) is 5.25. The molecule has 0 aromatic heterocycles. The van der Waals surface area contributed by atoms with Crippen LogP contribution >= 0.6 is 0 Å². The number of carbonyl (C=O) groups excluding carboxylic acids is 1. The minimum absolute atomic E-state index is 0.210. The fraction of sp³-hybridized carbons (Fsp3) is 0.300. The van der Waals surface area contributed by atoms with Crippen molar-refractivity contribution in [3.63, 3.8) is 0 Å². The zero-order chi connectivity index (χ0) is 17.9. The fourth-order valence-electron chi connectivity index (χ4n) is 2.21. The van der Waals surface area contributed by atoms with Crippen LogP contribution in [0.1, 0.15) is 43.6 Å². The summed E-state index contributed by atoms with van der Waals surface area (Å²) >= 11 is 0. The molecule has 24 heavy (non-hydrogen) atoms. The van der Waals surface area contributed by atoms with E-state index in [4.69, 9.17) is 0 Å². The van der Waals surface area contributed by atoms with E-state index in [1.165, 1.54) is 0 Å². The van der Waals surface area contributed by atoms with Crippen molar-refractivity contribution >= 4 is 17.3 Å². The van der Waals surface area contributed by atoms with E-state index in [1.807, 2.05) is 62.4 Å². The van der Waals surface area contributed by atoms with Crippen LogP contribution in [0, 0.1) is 5.92 Å². The third kappa shape index (κ3) is 5.23. The van der Waals surface area contributed by atoms with Gasteiger partial charge < -0.3 is 5.32 Å². The average Bonchev–Trinajstić information content (AvgIpc) is 2.64. The summed E-state index contributed by atoms with van der Waals surface area (Å²) < 4.78 is 0. The third-order valence-electron chi connectivity index (χ3n) is 3.34. The molecule has 0 spiro atoms. The standard InChI is InChI=1S/C18H21N3O.C2H6/c1-13(2)17(14-9-5-4-6-10-14)20-21-18(22)15-11-7-8-12-16(15)19-3;1-2/h4-13,19H,1-3H3,(H,21,22);1-2H3/b20-17+;. The molecule has 0 unspecified atom stereocenters. The molecule has 4 heteroatoms. The van der Waals surface area contributed by atoms with Crippen LogP contribution in [0.3, 0.4) is 0 Å². The molecule has 0 fully saturated rings. The molecule has 0 heterocycles. The molecule has 0 aliphatic heterocycles. The summed E-state index contributed by atoms with van der Waals surface area (Å²) in [5.41, 5.74) is 5.89. The SMILES string of the molecule is CC.CNc1ccccc1C(=O)N/N=C(/c1ccccc1)C(C)C. The van der Waals surface area contributed by atoms with Crippen LogP contribution in [-0.4, -0.2) is 18.7 Å². The summed E-state index contributed by atoms with van der Waals surface area (Å²) in [7, 11) is 1.79. The number of anilines is 1. The van der Waals surface area contributed by atoms with Crippen LogP contribution in [-0.2, 0) is 0 Å². The molecule has 1 amide bonds. The maximum absolute atomic E-state index is 12.3. The lowest BCUT2D eigenvalue weighted by atomic mass is 10.0. The summed E-state index contributed by atoms with van der Waals surface area (Å²) in [6.07, 6.45) is 0. The zero-order valence-corrected chi connectivity index (χ0v) is 15.1. The minimum atomic E-state index is -0.223. The van der Waals surface area contributed by atoms with E-state index in [0.29, 0.717) is 5.56 Å². The van der Waals surface area contributed by atoms with Crippen LogP contribution in [0.25, 0.3) is 0 Å². The highest BCUT2D eigenvalue weighted by atomic mass is 16.2. The molecule has 0 radical (unpaired) electrons. The highest BCUT2D eigenvalue weighted by Gasteiger charge is 2.12. The number of nitrogens with zero attached hydrogens (tertiary/aromatic N) is 1. The molecule has 0 bridgehead atoms. The number of hydrogen-bond donors (Lipinski definition) is 2. The van der Waals surface area contributed by atoms with Gasteiger partial charge in [-0.15, -0.1) is 0 Å². The Balaban J connectivity index is 0.00000139. The summed E-state index contributed by atoms with van der Waals surface area (Å²) in [6, 6.07) is 17.2. The number of amides is 1. The Kier molecular flexibility index (Phi) is 8.26. The smallest absolute Gasteiger partial charge is 0.273 e. The number of hydrazone groups is 1. The van der Waals surface area contributed by atoms with Crippen molar-refractivity contribution in [1.29, 1.82) is 0 Å². The molecule has 2 rings (SSSR count). The van der Waals surface area contributed by atoms with Crippen molar-refractivity contribution in [2.45, 2.75) is 27.7 Å². The molecule has 2 aromatic carbocycles. The fourth-order valence-corrected chi connectivity index (χ4v) is 2.21. The Morgan fingerprint density at radius 1 is 0.958 bits per heavy atom. The van der Waals surface area contributed by atoms with Gasteiger partial charge in [0.05, 0.1) is 11.3 Å². The molecule has 128 valence electrons. The lowest BCUT2D eigenvalue weighted by molar-refractivity contribution is 0.0955. The quantitative estimate of drug-likeness (QED) is 0.626. The third-order valence-corrected chi connectivity index (χ3v) is 3.34. The zero-order valence-electron chi connectivity index (χ0n) is 15.1. The van der Waals surface area contributed by atoms with E-state index in [2.05, 4.69) is 29.7 Å². The van der Waals surface area contributed by atoms with Crippen molar-refractivity contribution < 1.29 is 4.79 Å². The predicted octanol–water partition coefficient (Wildman–Crippen LogP) is 4.54. The Morgan fingerprint density at radius 2 is 1.54 bits per heavy atom. The van der Waals surface area contributed by atoms with Gasteiger partial charge in [-0.25, -0.2) is 5.43 Å². The lowest BCUT2D eigenvalue weighted by Crippen LogP contribution is -2.23. The molecule has 0 saturated carbocycles. The Morgan fingerprint density at radius 3 is 2.12 bits per heavy atom. The maximum Gasteiger partial charge on any atom is 0.273 e. The van der Waals surface area contributed by atoms with Crippen LogP contribution in [0.4, 0.5) is 5.69 Å². The molecule has 2 N–H and O–H groups in total. The monoisotopic (exact) mass is 325 g/mol. The Hall–Kier alpha value is -2.62. The van der Waals surface area contributed by atoms with Gasteiger partial charge in [0.1, 0.15) is 0 Å². The molecule has 2 aromatic rings. The van der Waals surface area contributed by atoms with Crippen LogP contribution in [0.15, 0.2) is 59.7 Å². The van der Waals surface area contributed by atoms with E-state index in [9.17, 15) is 4.79 Å². The lowest BCUT2D eigenvalue weighted by Gasteiger charge is -2.12. The van der Waals surface area contributed by atoms with Gasteiger partial charge >= 0.3 is 0 Å². The van der Waals surface area contributed by atoms with Gasteiger partial charge in [-0.1, -0.05) is 70.2 Å². The van der Waals surface area contributed by atoms with Crippen LogP contribution in [0.5, 0.6) is 0 Å². The number of para-hydroxylation sites is 1. The maximum atomic E-state index is 12.3. The Labute approximate surface area is 145 Å². The molecule has 0 aliphatic carbocycles. The van der Waals surface area contributed by atoms with Gasteiger partial charge in [-0.2, -0.15) is 5.10 Å². The summed E-state index contributed by atoms with van der Waals surface area (Å²) in [5.74, 6) is -0.0127. The van der Waals surface area contributed by atoms with Gasteiger partial charge in [-0.3, -0.25) is 4.79 Å².